The summed E-state index contributed by atoms with van der Waals surface area (Å²) < 4.78 is 20.9. The monoisotopic (exact) mass is 533 g/mol. The van der Waals surface area contributed by atoms with E-state index >= 15 is 0 Å². The summed E-state index contributed by atoms with van der Waals surface area (Å²) >= 11 is 1.23. The Morgan fingerprint density at radius 2 is 1.82 bits per heavy atom. The smallest absolute Gasteiger partial charge is 0.251 e. The fourth-order valence-corrected chi connectivity index (χ4v) is 4.47. The van der Waals surface area contributed by atoms with Gasteiger partial charge in [0.15, 0.2) is 11.0 Å². The number of amides is 2. The molecule has 0 atom stereocenters. The molecule has 8 nitrogen and oxygen atoms in total. The molecule has 0 radical (unpaired) electrons. The highest BCUT2D eigenvalue weighted by atomic mass is 32.2. The number of ether oxygens (including phenoxy) is 1. The minimum atomic E-state index is -0.493. The van der Waals surface area contributed by atoms with E-state index in [0.717, 1.165) is 22.5 Å². The summed E-state index contributed by atoms with van der Waals surface area (Å²) in [7, 11) is 0. The molecule has 2 amide bonds. The molecule has 0 fully saturated rings. The first kappa shape index (κ1) is 26.9. The van der Waals surface area contributed by atoms with Gasteiger partial charge in [-0.2, -0.15) is 0 Å². The number of carbonyl (C=O) groups is 2. The van der Waals surface area contributed by atoms with Crippen LogP contribution in [0.5, 0.6) is 5.75 Å². The van der Waals surface area contributed by atoms with Crippen molar-refractivity contribution in [1.82, 2.24) is 20.1 Å². The van der Waals surface area contributed by atoms with Gasteiger partial charge in [-0.05, 0) is 80.4 Å². The van der Waals surface area contributed by atoms with Gasteiger partial charge >= 0.3 is 0 Å². The molecule has 0 unspecified atom stereocenters. The molecule has 0 saturated heterocycles. The topological polar surface area (TPSA) is 98.1 Å². The Morgan fingerprint density at radius 3 is 2.55 bits per heavy atom. The molecular weight excluding hydrogens is 505 g/mol. The quantitative estimate of drug-likeness (QED) is 0.276. The van der Waals surface area contributed by atoms with Crippen molar-refractivity contribution in [2.75, 3.05) is 17.7 Å². The van der Waals surface area contributed by atoms with Crippen molar-refractivity contribution in [2.45, 2.75) is 32.5 Å². The number of nitrogens with zero attached hydrogens (tertiary/aromatic N) is 3. The van der Waals surface area contributed by atoms with E-state index in [1.807, 2.05) is 63.2 Å². The van der Waals surface area contributed by atoms with Crippen molar-refractivity contribution < 1.29 is 18.7 Å². The highest BCUT2D eigenvalue weighted by Gasteiger charge is 2.18. The largest absolute Gasteiger partial charge is 0.494 e. The summed E-state index contributed by atoms with van der Waals surface area (Å²) in [5.74, 6) is 0.175. The van der Waals surface area contributed by atoms with Gasteiger partial charge in [0.05, 0.1) is 18.9 Å². The van der Waals surface area contributed by atoms with Crippen molar-refractivity contribution in [1.29, 1.82) is 0 Å². The fourth-order valence-electron chi connectivity index (χ4n) is 3.70. The SMILES string of the molecule is CCOc1ccc(-n2c(CNC(=O)c3cccc(F)c3)nnc2SCC(=O)Nc2cc(C)ccc2C)cc1. The van der Waals surface area contributed by atoms with Gasteiger partial charge in [-0.25, -0.2) is 4.39 Å². The molecule has 38 heavy (non-hydrogen) atoms. The summed E-state index contributed by atoms with van der Waals surface area (Å²) in [6.45, 7) is 6.41. The molecule has 2 N–H and O–H groups in total. The summed E-state index contributed by atoms with van der Waals surface area (Å²) in [6, 6.07) is 18.7. The molecule has 196 valence electrons. The van der Waals surface area contributed by atoms with Crippen LogP contribution in [0.25, 0.3) is 5.69 Å². The molecule has 0 aliphatic carbocycles. The predicted molar refractivity (Wildman–Crippen MR) is 145 cm³/mol. The summed E-state index contributed by atoms with van der Waals surface area (Å²) in [4.78, 5) is 25.3. The molecule has 4 aromatic rings. The van der Waals surface area contributed by atoms with Crippen LogP contribution < -0.4 is 15.4 Å². The van der Waals surface area contributed by atoms with Crippen LogP contribution in [-0.2, 0) is 11.3 Å². The van der Waals surface area contributed by atoms with Crippen molar-refractivity contribution in [2.24, 2.45) is 0 Å². The minimum Gasteiger partial charge on any atom is -0.494 e. The number of benzene rings is 3. The van der Waals surface area contributed by atoms with Crippen LogP contribution in [0, 0.1) is 19.7 Å². The zero-order valence-corrected chi connectivity index (χ0v) is 22.1. The molecule has 0 spiro atoms. The van der Waals surface area contributed by atoms with Gasteiger partial charge in [0.1, 0.15) is 11.6 Å². The van der Waals surface area contributed by atoms with Crippen LogP contribution in [0.1, 0.15) is 34.2 Å². The Bertz CT molecular complexity index is 1440. The molecule has 0 aliphatic heterocycles. The van der Waals surface area contributed by atoms with Gasteiger partial charge in [-0.1, -0.05) is 30.0 Å². The number of rotatable bonds is 10. The van der Waals surface area contributed by atoms with Gasteiger partial charge in [-0.15, -0.1) is 10.2 Å². The average molecular weight is 534 g/mol. The number of hydrogen-bond acceptors (Lipinski definition) is 6. The predicted octanol–water partition coefficient (Wildman–Crippen LogP) is 5.08. The first-order valence-corrected chi connectivity index (χ1v) is 13.0. The van der Waals surface area contributed by atoms with E-state index in [4.69, 9.17) is 4.74 Å². The molecule has 10 heteroatoms. The number of hydrogen-bond donors (Lipinski definition) is 2. The number of thioether (sulfide) groups is 1. The maximum atomic E-state index is 13.5. The Morgan fingerprint density at radius 1 is 1.03 bits per heavy atom. The number of carbonyl (C=O) groups excluding carboxylic acids is 2. The van der Waals surface area contributed by atoms with Gasteiger partial charge in [0, 0.05) is 16.9 Å². The van der Waals surface area contributed by atoms with Gasteiger partial charge in [-0.3, -0.25) is 14.2 Å². The van der Waals surface area contributed by atoms with E-state index < -0.39 is 11.7 Å². The Hall–Kier alpha value is -4.18. The number of halogens is 1. The van der Waals surface area contributed by atoms with E-state index in [1.165, 1.54) is 36.0 Å². The fraction of sp³-hybridized carbons (Fsp3) is 0.214. The zero-order valence-electron chi connectivity index (χ0n) is 21.3. The first-order chi connectivity index (χ1) is 18.3. The molecule has 0 bridgehead atoms. The van der Waals surface area contributed by atoms with Crippen LogP contribution in [-0.4, -0.2) is 38.9 Å². The number of anilines is 1. The number of nitrogens with one attached hydrogen (secondary N) is 2. The lowest BCUT2D eigenvalue weighted by atomic mass is 10.1. The minimum absolute atomic E-state index is 0.0464. The van der Waals surface area contributed by atoms with E-state index in [2.05, 4.69) is 20.8 Å². The second kappa shape index (κ2) is 12.4. The molecule has 3 aromatic carbocycles. The van der Waals surface area contributed by atoms with E-state index in [9.17, 15) is 14.0 Å². The average Bonchev–Trinajstić information content (AvgIpc) is 3.31. The van der Waals surface area contributed by atoms with Crippen molar-refractivity contribution in [3.8, 4) is 11.4 Å². The van der Waals surface area contributed by atoms with E-state index in [0.29, 0.717) is 23.3 Å². The number of aryl methyl sites for hydroxylation is 2. The standard InChI is InChI=1S/C28H28FN5O3S/c1-4-37-23-12-10-22(11-13-23)34-25(16-30-27(36)20-6-5-7-21(29)15-20)32-33-28(34)38-17-26(35)31-24-14-18(2)8-9-19(24)3/h5-15H,4,16-17H2,1-3H3,(H,30,36)(H,31,35). The zero-order chi connectivity index (χ0) is 27.1. The molecule has 1 heterocycles. The number of aromatic nitrogens is 3. The second-order valence-electron chi connectivity index (χ2n) is 8.51. The summed E-state index contributed by atoms with van der Waals surface area (Å²) in [6.07, 6.45) is 0. The third-order valence-electron chi connectivity index (χ3n) is 5.60. The molecule has 4 rings (SSSR count). The van der Waals surface area contributed by atoms with Crippen LogP contribution in [0.15, 0.2) is 71.9 Å². The van der Waals surface area contributed by atoms with Crippen molar-refractivity contribution in [3.63, 3.8) is 0 Å². The lowest BCUT2D eigenvalue weighted by Gasteiger charge is -2.12. The third-order valence-corrected chi connectivity index (χ3v) is 6.53. The van der Waals surface area contributed by atoms with Gasteiger partial charge in [0.25, 0.3) is 5.91 Å². The van der Waals surface area contributed by atoms with Crippen LogP contribution in [0.3, 0.4) is 0 Å². The van der Waals surface area contributed by atoms with E-state index in [-0.39, 0.29) is 23.8 Å². The van der Waals surface area contributed by atoms with Gasteiger partial charge < -0.3 is 15.4 Å². The maximum absolute atomic E-state index is 13.5. The van der Waals surface area contributed by atoms with Crippen LogP contribution >= 0.6 is 11.8 Å². The van der Waals surface area contributed by atoms with Crippen LogP contribution in [0.4, 0.5) is 10.1 Å². The molecule has 0 aliphatic rings. The summed E-state index contributed by atoms with van der Waals surface area (Å²) in [5.41, 5.74) is 3.74. The van der Waals surface area contributed by atoms with Gasteiger partial charge in [0.2, 0.25) is 5.91 Å². The Balaban J connectivity index is 1.53. The highest BCUT2D eigenvalue weighted by Crippen LogP contribution is 2.25. The Kier molecular flexibility index (Phi) is 8.75. The molecular formula is C28H28FN5O3S. The van der Waals surface area contributed by atoms with Crippen LogP contribution in [0.2, 0.25) is 0 Å². The first-order valence-electron chi connectivity index (χ1n) is 12.0. The lowest BCUT2D eigenvalue weighted by Crippen LogP contribution is -2.24. The normalized spacial score (nSPS) is 10.7. The maximum Gasteiger partial charge on any atom is 0.251 e. The third kappa shape index (κ3) is 6.77. The molecule has 0 saturated carbocycles. The van der Waals surface area contributed by atoms with Crippen molar-refractivity contribution in [3.05, 3.63) is 95.1 Å². The van der Waals surface area contributed by atoms with Crippen molar-refractivity contribution >= 4 is 29.3 Å². The lowest BCUT2D eigenvalue weighted by molar-refractivity contribution is -0.113. The summed E-state index contributed by atoms with van der Waals surface area (Å²) in [5, 5.41) is 14.7. The Labute approximate surface area is 224 Å². The molecule has 1 aromatic heterocycles. The second-order valence-corrected chi connectivity index (χ2v) is 9.45. The highest BCUT2D eigenvalue weighted by molar-refractivity contribution is 7.99. The van der Waals surface area contributed by atoms with E-state index in [1.54, 1.807) is 4.57 Å².